The highest BCUT2D eigenvalue weighted by Crippen LogP contribution is 2.26. The van der Waals surface area contributed by atoms with E-state index in [9.17, 15) is 9.59 Å². The molecule has 1 saturated heterocycles. The summed E-state index contributed by atoms with van der Waals surface area (Å²) in [6, 6.07) is 7.73. The van der Waals surface area contributed by atoms with Crippen molar-refractivity contribution in [1.82, 2.24) is 5.32 Å². The molecule has 2 amide bonds. The first-order valence-corrected chi connectivity index (χ1v) is 9.51. The van der Waals surface area contributed by atoms with E-state index in [2.05, 4.69) is 5.32 Å². The van der Waals surface area contributed by atoms with Gasteiger partial charge in [0.05, 0.1) is 0 Å². The zero-order chi connectivity index (χ0) is 17.6. The van der Waals surface area contributed by atoms with Gasteiger partial charge in [0.1, 0.15) is 5.75 Å². The quantitative estimate of drug-likeness (QED) is 0.833. The third-order valence-electron chi connectivity index (χ3n) is 5.09. The Balaban J connectivity index is 1.57. The van der Waals surface area contributed by atoms with E-state index < -0.39 is 6.10 Å². The molecular weight excluding hydrogens is 316 g/mol. The number of nitrogens with one attached hydrogen (secondary N) is 1. The molecule has 1 aromatic carbocycles. The van der Waals surface area contributed by atoms with E-state index in [1.807, 2.05) is 24.3 Å². The van der Waals surface area contributed by atoms with Crippen molar-refractivity contribution >= 4 is 17.5 Å². The first kappa shape index (κ1) is 17.8. The topological polar surface area (TPSA) is 58.6 Å². The van der Waals surface area contributed by atoms with Crippen LogP contribution in [0.5, 0.6) is 5.75 Å². The Morgan fingerprint density at radius 1 is 1.20 bits per heavy atom. The Bertz CT molecular complexity index is 609. The summed E-state index contributed by atoms with van der Waals surface area (Å²) in [6.45, 7) is 2.53. The molecule has 1 aliphatic heterocycles. The molecular formula is C20H28N2O3. The third kappa shape index (κ3) is 4.74. The van der Waals surface area contributed by atoms with E-state index in [4.69, 9.17) is 4.74 Å². The second-order valence-electron chi connectivity index (χ2n) is 7.10. The van der Waals surface area contributed by atoms with Crippen molar-refractivity contribution in [1.29, 1.82) is 0 Å². The van der Waals surface area contributed by atoms with E-state index in [-0.39, 0.29) is 17.9 Å². The number of rotatable bonds is 5. The van der Waals surface area contributed by atoms with Crippen molar-refractivity contribution in [3.8, 4) is 5.75 Å². The highest BCUT2D eigenvalue weighted by molar-refractivity contribution is 5.95. The number of amides is 2. The van der Waals surface area contributed by atoms with Crippen molar-refractivity contribution in [3.63, 3.8) is 0 Å². The first-order chi connectivity index (χ1) is 12.1. The summed E-state index contributed by atoms with van der Waals surface area (Å²) >= 11 is 0. The molecule has 5 nitrogen and oxygen atoms in total. The second kappa shape index (κ2) is 8.37. The number of hydrogen-bond donors (Lipinski definition) is 1. The summed E-state index contributed by atoms with van der Waals surface area (Å²) in [5.41, 5.74) is 0.844. The maximum absolute atomic E-state index is 12.4. The molecule has 1 aromatic rings. The smallest absolute Gasteiger partial charge is 0.260 e. The molecule has 25 heavy (non-hydrogen) atoms. The molecule has 3 rings (SSSR count). The highest BCUT2D eigenvalue weighted by atomic mass is 16.5. The van der Waals surface area contributed by atoms with Crippen LogP contribution in [0.4, 0.5) is 5.69 Å². The number of anilines is 1. The molecule has 0 unspecified atom stereocenters. The number of ether oxygens (including phenoxy) is 1. The lowest BCUT2D eigenvalue weighted by atomic mass is 10.1. The predicted molar refractivity (Wildman–Crippen MR) is 97.8 cm³/mol. The van der Waals surface area contributed by atoms with Crippen LogP contribution in [0.2, 0.25) is 0 Å². The number of nitrogens with zero attached hydrogens (tertiary/aromatic N) is 1. The van der Waals surface area contributed by atoms with Gasteiger partial charge in [-0.1, -0.05) is 31.7 Å². The minimum atomic E-state index is -0.548. The maximum Gasteiger partial charge on any atom is 0.260 e. The molecule has 0 bridgehead atoms. The summed E-state index contributed by atoms with van der Waals surface area (Å²) in [5, 5.41) is 3.13. The molecule has 0 aromatic heterocycles. The molecule has 5 heteroatoms. The van der Waals surface area contributed by atoms with Gasteiger partial charge in [0, 0.05) is 30.8 Å². The van der Waals surface area contributed by atoms with E-state index in [1.54, 1.807) is 11.8 Å². The summed E-state index contributed by atoms with van der Waals surface area (Å²) in [5.74, 6) is 0.714. The van der Waals surface area contributed by atoms with Gasteiger partial charge in [-0.25, -0.2) is 0 Å². The van der Waals surface area contributed by atoms with Crippen molar-refractivity contribution in [2.24, 2.45) is 0 Å². The van der Waals surface area contributed by atoms with Crippen molar-refractivity contribution in [2.75, 3.05) is 11.4 Å². The molecule has 1 N–H and O–H groups in total. The van der Waals surface area contributed by atoms with Gasteiger partial charge in [-0.3, -0.25) is 9.59 Å². The molecule has 0 radical (unpaired) electrons. The van der Waals surface area contributed by atoms with E-state index in [1.165, 1.54) is 25.7 Å². The summed E-state index contributed by atoms with van der Waals surface area (Å²) in [6.07, 6.45) is 7.97. The fourth-order valence-electron chi connectivity index (χ4n) is 3.65. The summed E-state index contributed by atoms with van der Waals surface area (Å²) in [7, 11) is 0. The number of hydrogen-bond acceptors (Lipinski definition) is 3. The number of carbonyl (C=O) groups excluding carboxylic acids is 2. The van der Waals surface area contributed by atoms with Gasteiger partial charge < -0.3 is 15.0 Å². The normalized spacial score (nSPS) is 20.2. The molecule has 0 spiro atoms. The average Bonchev–Trinajstić information content (AvgIpc) is 2.87. The molecule has 2 fully saturated rings. The van der Waals surface area contributed by atoms with Gasteiger partial charge in [0.25, 0.3) is 5.91 Å². The fourth-order valence-corrected chi connectivity index (χ4v) is 3.65. The van der Waals surface area contributed by atoms with Crippen molar-refractivity contribution in [3.05, 3.63) is 24.3 Å². The first-order valence-electron chi connectivity index (χ1n) is 9.51. The van der Waals surface area contributed by atoms with Gasteiger partial charge in [-0.2, -0.15) is 0 Å². The van der Waals surface area contributed by atoms with Crippen LogP contribution >= 0.6 is 0 Å². The fraction of sp³-hybridized carbons (Fsp3) is 0.600. The number of carbonyl (C=O) groups is 2. The lowest BCUT2D eigenvalue weighted by Crippen LogP contribution is -2.42. The van der Waals surface area contributed by atoms with Crippen LogP contribution in [0.3, 0.4) is 0 Å². The zero-order valence-electron chi connectivity index (χ0n) is 15.0. The van der Waals surface area contributed by atoms with Crippen LogP contribution < -0.4 is 15.0 Å². The predicted octanol–water partition coefficient (Wildman–Crippen LogP) is 3.42. The van der Waals surface area contributed by atoms with E-state index >= 15 is 0 Å². The van der Waals surface area contributed by atoms with Gasteiger partial charge in [-0.15, -0.1) is 0 Å². The van der Waals surface area contributed by atoms with Crippen LogP contribution in [0.15, 0.2) is 24.3 Å². The van der Waals surface area contributed by atoms with Crippen LogP contribution in [0, 0.1) is 0 Å². The Labute approximate surface area is 149 Å². The third-order valence-corrected chi connectivity index (χ3v) is 5.09. The largest absolute Gasteiger partial charge is 0.481 e. The van der Waals surface area contributed by atoms with E-state index in [0.717, 1.165) is 31.5 Å². The molecule has 1 atom stereocenters. The van der Waals surface area contributed by atoms with Crippen LogP contribution in [-0.4, -0.2) is 30.5 Å². The Kier molecular flexibility index (Phi) is 5.95. The standard InChI is InChI=1S/C20H28N2O3/c1-15(20(24)21-16-8-4-2-3-5-9-16)25-18-11-6-10-17(14-18)22-13-7-12-19(22)23/h6,10-11,14-16H,2-5,7-9,12-13H2,1H3,(H,21,24)/t15-/m1/s1. The second-order valence-corrected chi connectivity index (χ2v) is 7.10. The van der Waals surface area contributed by atoms with Crippen LogP contribution in [0.25, 0.3) is 0 Å². The monoisotopic (exact) mass is 344 g/mol. The highest BCUT2D eigenvalue weighted by Gasteiger charge is 2.23. The summed E-state index contributed by atoms with van der Waals surface area (Å²) < 4.78 is 5.83. The SMILES string of the molecule is C[C@@H](Oc1cccc(N2CCCC2=O)c1)C(=O)NC1CCCCCC1. The zero-order valence-corrected chi connectivity index (χ0v) is 15.0. The maximum atomic E-state index is 12.4. The Morgan fingerprint density at radius 2 is 1.96 bits per heavy atom. The van der Waals surface area contributed by atoms with Gasteiger partial charge in [0.2, 0.25) is 5.91 Å². The molecule has 1 saturated carbocycles. The molecule has 2 aliphatic rings. The minimum absolute atomic E-state index is 0.0606. The lowest BCUT2D eigenvalue weighted by Gasteiger charge is -2.21. The number of benzene rings is 1. The van der Waals surface area contributed by atoms with Crippen LogP contribution in [0.1, 0.15) is 58.3 Å². The van der Waals surface area contributed by atoms with Crippen molar-refractivity contribution < 1.29 is 14.3 Å². The average molecular weight is 344 g/mol. The van der Waals surface area contributed by atoms with Crippen molar-refractivity contribution in [2.45, 2.75) is 70.4 Å². The minimum Gasteiger partial charge on any atom is -0.481 e. The van der Waals surface area contributed by atoms with Gasteiger partial charge in [-0.05, 0) is 38.3 Å². The van der Waals surface area contributed by atoms with E-state index in [0.29, 0.717) is 12.2 Å². The Morgan fingerprint density at radius 3 is 2.64 bits per heavy atom. The molecule has 136 valence electrons. The Hall–Kier alpha value is -2.04. The van der Waals surface area contributed by atoms with Gasteiger partial charge >= 0.3 is 0 Å². The van der Waals surface area contributed by atoms with Gasteiger partial charge in [0.15, 0.2) is 6.10 Å². The summed E-state index contributed by atoms with van der Waals surface area (Å²) in [4.78, 5) is 26.1. The lowest BCUT2D eigenvalue weighted by molar-refractivity contribution is -0.128. The molecule has 1 heterocycles. The molecule has 1 aliphatic carbocycles. The van der Waals surface area contributed by atoms with Crippen LogP contribution in [-0.2, 0) is 9.59 Å².